The Bertz CT molecular complexity index is 733. The van der Waals surface area contributed by atoms with Crippen LogP contribution in [0.5, 0.6) is 0 Å². The van der Waals surface area contributed by atoms with E-state index in [0.29, 0.717) is 29.6 Å². The number of amides is 1. The number of nitrogens with one attached hydrogen (secondary N) is 2. The lowest BCUT2D eigenvalue weighted by molar-refractivity contribution is 0.0768. The zero-order chi connectivity index (χ0) is 14.8. The fraction of sp³-hybridized carbons (Fsp3) is 0.333. The maximum atomic E-state index is 13.3. The van der Waals surface area contributed by atoms with Gasteiger partial charge in [0.2, 0.25) is 5.56 Å². The Hall–Kier alpha value is -2.21. The van der Waals surface area contributed by atoms with Crippen molar-refractivity contribution < 1.29 is 9.18 Å². The molecule has 2 aromatic rings. The standard InChI is InChI=1S/C15H16FN3O2/c16-10-2-3-11-12(9-14(20)18-13(11)8-10)15(21)19-6-1-4-17-5-7-19/h2-3,8-9,17H,1,4-7H2,(H,18,20). The summed E-state index contributed by atoms with van der Waals surface area (Å²) in [6.45, 7) is 2.88. The zero-order valence-electron chi connectivity index (χ0n) is 11.5. The molecule has 1 aliphatic heterocycles. The molecule has 2 N–H and O–H groups in total. The van der Waals surface area contributed by atoms with Crippen LogP contribution in [0, 0.1) is 5.82 Å². The summed E-state index contributed by atoms with van der Waals surface area (Å²) in [6.07, 6.45) is 0.876. The second-order valence-electron chi connectivity index (χ2n) is 5.13. The van der Waals surface area contributed by atoms with Crippen LogP contribution in [-0.4, -0.2) is 42.0 Å². The molecular weight excluding hydrogens is 273 g/mol. The average Bonchev–Trinajstić information content (AvgIpc) is 2.74. The second kappa shape index (κ2) is 5.65. The first-order valence-electron chi connectivity index (χ1n) is 6.98. The van der Waals surface area contributed by atoms with Crippen molar-refractivity contribution in [1.29, 1.82) is 0 Å². The highest BCUT2D eigenvalue weighted by Gasteiger charge is 2.20. The summed E-state index contributed by atoms with van der Waals surface area (Å²) in [5.74, 6) is -0.622. The quantitative estimate of drug-likeness (QED) is 0.826. The highest BCUT2D eigenvalue weighted by Crippen LogP contribution is 2.18. The molecule has 1 fully saturated rings. The Kier molecular flexibility index (Phi) is 3.70. The average molecular weight is 289 g/mol. The van der Waals surface area contributed by atoms with E-state index in [1.54, 1.807) is 4.90 Å². The van der Waals surface area contributed by atoms with Crippen LogP contribution in [0.1, 0.15) is 16.8 Å². The third-order valence-electron chi connectivity index (χ3n) is 3.66. The molecule has 2 heterocycles. The summed E-state index contributed by atoms with van der Waals surface area (Å²) in [4.78, 5) is 28.7. The number of pyridine rings is 1. The molecule has 0 aliphatic carbocycles. The number of H-pyrrole nitrogens is 1. The number of hydrogen-bond acceptors (Lipinski definition) is 3. The highest BCUT2D eigenvalue weighted by atomic mass is 19.1. The summed E-state index contributed by atoms with van der Waals surface area (Å²) in [5.41, 5.74) is 0.277. The van der Waals surface area contributed by atoms with Crippen LogP contribution in [0.15, 0.2) is 29.1 Å². The molecular formula is C15H16FN3O2. The van der Waals surface area contributed by atoms with E-state index in [1.165, 1.54) is 24.3 Å². The number of rotatable bonds is 1. The number of carbonyl (C=O) groups excluding carboxylic acids is 1. The van der Waals surface area contributed by atoms with Gasteiger partial charge in [-0.15, -0.1) is 0 Å². The molecule has 1 aromatic heterocycles. The van der Waals surface area contributed by atoms with E-state index in [4.69, 9.17) is 0 Å². The van der Waals surface area contributed by atoms with E-state index in [1.807, 2.05) is 0 Å². The minimum atomic E-state index is -0.443. The number of aromatic nitrogens is 1. The maximum Gasteiger partial charge on any atom is 0.254 e. The van der Waals surface area contributed by atoms with E-state index in [2.05, 4.69) is 10.3 Å². The Morgan fingerprint density at radius 2 is 2.05 bits per heavy atom. The van der Waals surface area contributed by atoms with Gasteiger partial charge in [-0.3, -0.25) is 9.59 Å². The molecule has 0 bridgehead atoms. The van der Waals surface area contributed by atoms with Crippen molar-refractivity contribution >= 4 is 16.8 Å². The lowest BCUT2D eigenvalue weighted by Crippen LogP contribution is -2.34. The molecule has 1 saturated heterocycles. The van der Waals surface area contributed by atoms with Crippen molar-refractivity contribution in [3.8, 4) is 0 Å². The molecule has 0 unspecified atom stereocenters. The number of nitrogens with zero attached hydrogens (tertiary/aromatic N) is 1. The van der Waals surface area contributed by atoms with Crippen molar-refractivity contribution in [2.75, 3.05) is 26.2 Å². The Morgan fingerprint density at radius 1 is 1.19 bits per heavy atom. The Labute approximate surface area is 120 Å². The van der Waals surface area contributed by atoms with E-state index in [0.717, 1.165) is 19.5 Å². The minimum Gasteiger partial charge on any atom is -0.337 e. The van der Waals surface area contributed by atoms with E-state index in [9.17, 15) is 14.0 Å². The molecule has 0 spiro atoms. The largest absolute Gasteiger partial charge is 0.337 e. The van der Waals surface area contributed by atoms with Crippen molar-refractivity contribution in [3.05, 3.63) is 46.0 Å². The number of benzene rings is 1. The summed E-state index contributed by atoms with van der Waals surface area (Å²) >= 11 is 0. The first-order chi connectivity index (χ1) is 10.1. The summed E-state index contributed by atoms with van der Waals surface area (Å²) in [7, 11) is 0. The number of hydrogen-bond donors (Lipinski definition) is 2. The van der Waals surface area contributed by atoms with Gasteiger partial charge >= 0.3 is 0 Å². The molecule has 21 heavy (non-hydrogen) atoms. The molecule has 3 rings (SSSR count). The zero-order valence-corrected chi connectivity index (χ0v) is 11.5. The third kappa shape index (κ3) is 2.80. The van der Waals surface area contributed by atoms with Crippen LogP contribution >= 0.6 is 0 Å². The van der Waals surface area contributed by atoms with Crippen LogP contribution in [0.3, 0.4) is 0 Å². The lowest BCUT2D eigenvalue weighted by Gasteiger charge is -2.20. The molecule has 6 heteroatoms. The molecule has 0 saturated carbocycles. The topological polar surface area (TPSA) is 65.2 Å². The number of halogens is 1. The summed E-state index contributed by atoms with van der Waals surface area (Å²) < 4.78 is 13.3. The van der Waals surface area contributed by atoms with Crippen LogP contribution < -0.4 is 10.9 Å². The molecule has 5 nitrogen and oxygen atoms in total. The van der Waals surface area contributed by atoms with Crippen molar-refractivity contribution in [2.45, 2.75) is 6.42 Å². The summed E-state index contributed by atoms with van der Waals surface area (Å²) in [6, 6.07) is 5.35. The number of fused-ring (bicyclic) bond motifs is 1. The smallest absolute Gasteiger partial charge is 0.254 e. The SMILES string of the molecule is O=C(c1cc(=O)[nH]c2cc(F)ccc12)N1CCCNCC1. The minimum absolute atomic E-state index is 0.179. The fourth-order valence-electron chi connectivity index (χ4n) is 2.63. The normalized spacial score (nSPS) is 16.0. The van der Waals surface area contributed by atoms with Gasteiger partial charge in [0, 0.05) is 31.1 Å². The van der Waals surface area contributed by atoms with Gasteiger partial charge in [-0.1, -0.05) is 0 Å². The predicted molar refractivity (Wildman–Crippen MR) is 77.9 cm³/mol. The first-order valence-corrected chi connectivity index (χ1v) is 6.98. The van der Waals surface area contributed by atoms with Gasteiger partial charge in [0.05, 0.1) is 11.1 Å². The van der Waals surface area contributed by atoms with Crippen molar-refractivity contribution in [1.82, 2.24) is 15.2 Å². The molecule has 110 valence electrons. The molecule has 1 amide bonds. The molecule has 1 aromatic carbocycles. The molecule has 0 atom stereocenters. The van der Waals surface area contributed by atoms with Crippen molar-refractivity contribution in [2.24, 2.45) is 0 Å². The Balaban J connectivity index is 2.06. The second-order valence-corrected chi connectivity index (χ2v) is 5.13. The van der Waals surface area contributed by atoms with Gasteiger partial charge in [-0.05, 0) is 31.2 Å². The number of carbonyl (C=O) groups is 1. The van der Waals surface area contributed by atoms with Crippen molar-refractivity contribution in [3.63, 3.8) is 0 Å². The van der Waals surface area contributed by atoms with E-state index >= 15 is 0 Å². The van der Waals surface area contributed by atoms with Gasteiger partial charge in [-0.2, -0.15) is 0 Å². The fourth-order valence-corrected chi connectivity index (χ4v) is 2.63. The first kappa shape index (κ1) is 13.8. The third-order valence-corrected chi connectivity index (χ3v) is 3.66. The van der Waals surface area contributed by atoms with Crippen LogP contribution in [0.2, 0.25) is 0 Å². The van der Waals surface area contributed by atoms with E-state index < -0.39 is 11.4 Å². The van der Waals surface area contributed by atoms with Gasteiger partial charge in [0.25, 0.3) is 5.91 Å². The van der Waals surface area contributed by atoms with E-state index in [-0.39, 0.29) is 5.91 Å². The highest BCUT2D eigenvalue weighted by molar-refractivity contribution is 6.05. The predicted octanol–water partition coefficient (Wildman–Crippen LogP) is 1.10. The Morgan fingerprint density at radius 3 is 2.90 bits per heavy atom. The van der Waals surface area contributed by atoms with Gasteiger partial charge in [-0.25, -0.2) is 4.39 Å². The van der Waals surface area contributed by atoms with Crippen LogP contribution in [0.25, 0.3) is 10.9 Å². The monoisotopic (exact) mass is 289 g/mol. The van der Waals surface area contributed by atoms with Gasteiger partial charge in [0.1, 0.15) is 5.82 Å². The summed E-state index contributed by atoms with van der Waals surface area (Å²) in [5, 5.41) is 3.80. The molecule has 0 radical (unpaired) electrons. The van der Waals surface area contributed by atoms with Crippen LogP contribution in [-0.2, 0) is 0 Å². The number of aromatic amines is 1. The maximum absolute atomic E-state index is 13.3. The molecule has 1 aliphatic rings. The van der Waals surface area contributed by atoms with Crippen LogP contribution in [0.4, 0.5) is 4.39 Å². The van der Waals surface area contributed by atoms with Gasteiger partial charge in [0.15, 0.2) is 0 Å². The van der Waals surface area contributed by atoms with Gasteiger partial charge < -0.3 is 15.2 Å². The lowest BCUT2D eigenvalue weighted by atomic mass is 10.1.